The van der Waals surface area contributed by atoms with Gasteiger partial charge >= 0.3 is 0 Å². The molecular weight excluding hydrogens is 353 g/mol. The third-order valence-electron chi connectivity index (χ3n) is 2.59. The molecule has 0 unspecified atom stereocenters. The average Bonchev–Trinajstić information content (AvgIpc) is 2.43. The first-order chi connectivity index (χ1) is 9.74. The van der Waals surface area contributed by atoms with Crippen molar-refractivity contribution in [1.82, 2.24) is 9.62 Å². The van der Waals surface area contributed by atoms with Gasteiger partial charge in [-0.25, -0.2) is 13.1 Å². The summed E-state index contributed by atoms with van der Waals surface area (Å²) in [6.07, 6.45) is 0. The minimum atomic E-state index is -3.88. The highest BCUT2D eigenvalue weighted by atomic mass is 35.5. The Morgan fingerprint density at radius 2 is 2.00 bits per heavy atom. The molecule has 0 radical (unpaired) electrons. The van der Waals surface area contributed by atoms with E-state index in [9.17, 15) is 13.2 Å². The number of nitrogens with two attached hydrogens (primary N) is 1. The number of amides is 1. The summed E-state index contributed by atoms with van der Waals surface area (Å²) >= 11 is 5.92. The van der Waals surface area contributed by atoms with E-state index in [2.05, 4.69) is 4.72 Å². The van der Waals surface area contributed by atoms with E-state index in [1.165, 1.54) is 24.1 Å². The van der Waals surface area contributed by atoms with E-state index < -0.39 is 15.9 Å². The van der Waals surface area contributed by atoms with Crippen molar-refractivity contribution in [3.8, 4) is 5.75 Å². The minimum absolute atomic E-state index is 0. The summed E-state index contributed by atoms with van der Waals surface area (Å²) in [7, 11) is 0.500. The number of carbonyl (C=O) groups is 1. The number of carbonyl (C=O) groups excluding carboxylic acids is 1. The zero-order chi connectivity index (χ0) is 16.2. The number of ether oxygens (including phenoxy) is 1. The number of hydrogen-bond donors (Lipinski definition) is 2. The molecule has 0 spiro atoms. The highest BCUT2D eigenvalue weighted by Gasteiger charge is 2.26. The third-order valence-corrected chi connectivity index (χ3v) is 4.27. The molecule has 0 aliphatic rings. The summed E-state index contributed by atoms with van der Waals surface area (Å²) < 4.78 is 31.9. The third kappa shape index (κ3) is 4.72. The van der Waals surface area contributed by atoms with Crippen LogP contribution in [0.5, 0.6) is 5.75 Å². The topological polar surface area (TPSA) is 102 Å². The maximum atomic E-state index is 12.2. The van der Waals surface area contributed by atoms with Crippen molar-refractivity contribution in [3.05, 3.63) is 22.7 Å². The molecule has 1 aromatic carbocycles. The molecule has 0 fully saturated rings. The Kier molecular flexibility index (Phi) is 8.13. The lowest BCUT2D eigenvalue weighted by Gasteiger charge is -2.17. The van der Waals surface area contributed by atoms with Crippen LogP contribution < -0.4 is 15.2 Å². The molecular formula is C12H19Cl2N3O4S. The van der Waals surface area contributed by atoms with Crippen LogP contribution in [0.15, 0.2) is 17.0 Å². The lowest BCUT2D eigenvalue weighted by Crippen LogP contribution is -2.30. The molecule has 126 valence electrons. The number of rotatable bonds is 6. The Morgan fingerprint density at radius 3 is 2.45 bits per heavy atom. The monoisotopic (exact) mass is 371 g/mol. The molecule has 0 atom stereocenters. The maximum Gasteiger partial charge on any atom is 0.257 e. The second-order valence-corrected chi connectivity index (χ2v) is 6.54. The predicted octanol–water partition coefficient (Wildman–Crippen LogP) is 0.709. The second-order valence-electron chi connectivity index (χ2n) is 4.37. The SMILES string of the molecule is COc1c(C(=O)N(C)C)cc(Cl)cc1S(=O)(=O)NCCN.Cl. The molecule has 0 aromatic heterocycles. The van der Waals surface area contributed by atoms with Crippen molar-refractivity contribution in [2.75, 3.05) is 34.3 Å². The quantitative estimate of drug-likeness (QED) is 0.766. The Morgan fingerprint density at radius 1 is 1.41 bits per heavy atom. The smallest absolute Gasteiger partial charge is 0.257 e. The highest BCUT2D eigenvalue weighted by Crippen LogP contribution is 2.32. The van der Waals surface area contributed by atoms with Crippen molar-refractivity contribution < 1.29 is 17.9 Å². The first-order valence-electron chi connectivity index (χ1n) is 6.03. The second kappa shape index (κ2) is 8.54. The van der Waals surface area contributed by atoms with E-state index in [-0.39, 0.29) is 46.7 Å². The fraction of sp³-hybridized carbons (Fsp3) is 0.417. The first-order valence-corrected chi connectivity index (χ1v) is 7.89. The summed E-state index contributed by atoms with van der Waals surface area (Å²) in [5.41, 5.74) is 5.36. The Hall–Kier alpha value is -1.06. The van der Waals surface area contributed by atoms with Crippen LogP contribution in [0.2, 0.25) is 5.02 Å². The summed E-state index contributed by atoms with van der Waals surface area (Å²) in [5, 5.41) is 0.120. The van der Waals surface area contributed by atoms with Gasteiger partial charge in [-0.3, -0.25) is 4.79 Å². The van der Waals surface area contributed by atoms with Crippen molar-refractivity contribution in [1.29, 1.82) is 0 Å². The van der Waals surface area contributed by atoms with Crippen LogP contribution in [-0.2, 0) is 10.0 Å². The highest BCUT2D eigenvalue weighted by molar-refractivity contribution is 7.89. The van der Waals surface area contributed by atoms with Gasteiger partial charge in [0.05, 0.1) is 12.7 Å². The van der Waals surface area contributed by atoms with E-state index in [1.54, 1.807) is 14.1 Å². The molecule has 22 heavy (non-hydrogen) atoms. The van der Waals surface area contributed by atoms with Crippen molar-refractivity contribution in [3.63, 3.8) is 0 Å². The van der Waals surface area contributed by atoms with E-state index >= 15 is 0 Å². The molecule has 1 aromatic rings. The normalized spacial score (nSPS) is 10.8. The van der Waals surface area contributed by atoms with Crippen LogP contribution in [0.1, 0.15) is 10.4 Å². The lowest BCUT2D eigenvalue weighted by atomic mass is 10.2. The average molecular weight is 372 g/mol. The number of nitrogens with one attached hydrogen (secondary N) is 1. The molecule has 7 nitrogen and oxygen atoms in total. The largest absolute Gasteiger partial charge is 0.494 e. The van der Waals surface area contributed by atoms with Crippen LogP contribution in [0.4, 0.5) is 0 Å². The van der Waals surface area contributed by atoms with Gasteiger partial charge in [-0.2, -0.15) is 0 Å². The van der Waals surface area contributed by atoms with Gasteiger partial charge in [0, 0.05) is 32.2 Å². The molecule has 10 heteroatoms. The van der Waals surface area contributed by atoms with Gasteiger partial charge in [-0.1, -0.05) is 11.6 Å². The van der Waals surface area contributed by atoms with Gasteiger partial charge < -0.3 is 15.4 Å². The van der Waals surface area contributed by atoms with Gasteiger partial charge in [0.15, 0.2) is 5.75 Å². The minimum Gasteiger partial charge on any atom is -0.494 e. The Bertz CT molecular complexity index is 636. The van der Waals surface area contributed by atoms with Crippen LogP contribution in [0, 0.1) is 0 Å². The lowest BCUT2D eigenvalue weighted by molar-refractivity contribution is 0.0824. The molecule has 0 aliphatic carbocycles. The molecule has 0 heterocycles. The molecule has 1 rings (SSSR count). The fourth-order valence-electron chi connectivity index (χ4n) is 1.65. The number of hydrogen-bond acceptors (Lipinski definition) is 5. The van der Waals surface area contributed by atoms with Crippen LogP contribution in [0.3, 0.4) is 0 Å². The standard InChI is InChI=1S/C12H18ClN3O4S.ClH/c1-16(2)12(17)9-6-8(13)7-10(11(9)20-3)21(18,19)15-5-4-14;/h6-7,15H,4-5,14H2,1-3H3;1H. The van der Waals surface area contributed by atoms with Crippen LogP contribution in [-0.4, -0.2) is 53.5 Å². The predicted molar refractivity (Wildman–Crippen MR) is 87.5 cm³/mol. The van der Waals surface area contributed by atoms with E-state index in [0.717, 1.165) is 0 Å². The van der Waals surface area contributed by atoms with Crippen LogP contribution >= 0.6 is 24.0 Å². The molecule has 1 amide bonds. The van der Waals surface area contributed by atoms with E-state index in [4.69, 9.17) is 22.1 Å². The fourth-order valence-corrected chi connectivity index (χ4v) is 3.19. The number of sulfonamides is 1. The molecule has 0 saturated heterocycles. The van der Waals surface area contributed by atoms with Crippen molar-refractivity contribution in [2.45, 2.75) is 4.90 Å². The van der Waals surface area contributed by atoms with E-state index in [1.807, 2.05) is 0 Å². The number of benzene rings is 1. The van der Waals surface area contributed by atoms with E-state index in [0.29, 0.717) is 0 Å². The zero-order valence-corrected chi connectivity index (χ0v) is 14.8. The van der Waals surface area contributed by atoms with Gasteiger partial charge in [0.1, 0.15) is 4.90 Å². The first kappa shape index (κ1) is 20.9. The Labute approximate surface area is 141 Å². The molecule has 0 saturated carbocycles. The molecule has 3 N–H and O–H groups in total. The number of methoxy groups -OCH3 is 1. The molecule has 0 bridgehead atoms. The summed E-state index contributed by atoms with van der Waals surface area (Å²) in [6, 6.07) is 2.59. The van der Waals surface area contributed by atoms with Gasteiger partial charge in [0.25, 0.3) is 5.91 Å². The molecule has 0 aliphatic heterocycles. The van der Waals surface area contributed by atoms with Gasteiger partial charge in [-0.05, 0) is 12.1 Å². The number of halogens is 2. The zero-order valence-electron chi connectivity index (χ0n) is 12.4. The maximum absolute atomic E-state index is 12.2. The summed E-state index contributed by atoms with van der Waals surface area (Å²) in [5.74, 6) is -0.466. The van der Waals surface area contributed by atoms with Crippen molar-refractivity contribution in [2.24, 2.45) is 5.73 Å². The summed E-state index contributed by atoms with van der Waals surface area (Å²) in [4.78, 5) is 13.2. The van der Waals surface area contributed by atoms with Crippen LogP contribution in [0.25, 0.3) is 0 Å². The Balaban J connectivity index is 0.00000441. The number of nitrogens with zero attached hydrogens (tertiary/aromatic N) is 1. The van der Waals surface area contributed by atoms with Gasteiger partial charge in [-0.15, -0.1) is 12.4 Å². The van der Waals surface area contributed by atoms with Crippen molar-refractivity contribution >= 4 is 39.9 Å². The summed E-state index contributed by atoms with van der Waals surface area (Å²) in [6.45, 7) is 0.209. The van der Waals surface area contributed by atoms with Gasteiger partial charge in [0.2, 0.25) is 10.0 Å².